The maximum absolute atomic E-state index is 12.7. The predicted octanol–water partition coefficient (Wildman–Crippen LogP) is 3.22. The third-order valence-corrected chi connectivity index (χ3v) is 4.80. The lowest BCUT2D eigenvalue weighted by atomic mass is 9.91. The molecule has 1 unspecified atom stereocenters. The normalized spacial score (nSPS) is 11.7. The summed E-state index contributed by atoms with van der Waals surface area (Å²) in [6.07, 6.45) is -0.190. The van der Waals surface area contributed by atoms with Crippen LogP contribution in [0.25, 0.3) is 11.0 Å². The van der Waals surface area contributed by atoms with Crippen molar-refractivity contribution in [2.45, 2.75) is 12.3 Å². The van der Waals surface area contributed by atoms with Crippen molar-refractivity contribution < 1.29 is 33.3 Å². The van der Waals surface area contributed by atoms with Gasteiger partial charge in [-0.1, -0.05) is 12.1 Å². The number of carbonyl (C=O) groups is 1. The lowest BCUT2D eigenvalue weighted by molar-refractivity contribution is -0.140. The van der Waals surface area contributed by atoms with Gasteiger partial charge in [-0.15, -0.1) is 0 Å². The van der Waals surface area contributed by atoms with Crippen LogP contribution in [0.4, 0.5) is 0 Å². The number of rotatable bonds is 7. The molecule has 0 radical (unpaired) electrons. The minimum absolute atomic E-state index is 0.0571. The molecule has 1 N–H and O–H groups in total. The smallest absolute Gasteiger partial charge is 0.306 e. The lowest BCUT2D eigenvalue weighted by Crippen LogP contribution is -2.14. The third kappa shape index (κ3) is 3.76. The number of hydrogen-bond donors (Lipinski definition) is 1. The van der Waals surface area contributed by atoms with Crippen LogP contribution in [-0.2, 0) is 9.53 Å². The fourth-order valence-corrected chi connectivity index (χ4v) is 3.30. The van der Waals surface area contributed by atoms with E-state index in [1.165, 1.54) is 28.4 Å². The first-order chi connectivity index (χ1) is 14.4. The highest BCUT2D eigenvalue weighted by Crippen LogP contribution is 2.43. The molecule has 0 fully saturated rings. The van der Waals surface area contributed by atoms with E-state index in [4.69, 9.17) is 23.4 Å². The Kier molecular flexibility index (Phi) is 6.15. The Morgan fingerprint density at radius 2 is 1.67 bits per heavy atom. The van der Waals surface area contributed by atoms with E-state index in [-0.39, 0.29) is 23.2 Å². The molecule has 0 aliphatic carbocycles. The Hall–Kier alpha value is -3.68. The Bertz CT molecular complexity index is 1110. The van der Waals surface area contributed by atoms with Crippen LogP contribution < -0.4 is 19.6 Å². The molecule has 0 aliphatic rings. The molecule has 1 aromatic heterocycles. The highest BCUT2D eigenvalue weighted by atomic mass is 16.5. The zero-order valence-corrected chi connectivity index (χ0v) is 17.1. The topological polar surface area (TPSA) is 104 Å². The van der Waals surface area contributed by atoms with Gasteiger partial charge in [0.2, 0.25) is 16.9 Å². The molecule has 3 rings (SSSR count). The number of ether oxygens (including phenoxy) is 4. The minimum atomic E-state index is -0.844. The van der Waals surface area contributed by atoms with Gasteiger partial charge in [-0.2, -0.15) is 0 Å². The molecule has 30 heavy (non-hydrogen) atoms. The highest BCUT2D eigenvalue weighted by Gasteiger charge is 2.29. The Morgan fingerprint density at radius 1 is 1.03 bits per heavy atom. The van der Waals surface area contributed by atoms with E-state index in [1.807, 2.05) is 0 Å². The van der Waals surface area contributed by atoms with Crippen LogP contribution in [0, 0.1) is 0 Å². The second kappa shape index (κ2) is 8.77. The van der Waals surface area contributed by atoms with E-state index in [1.54, 1.807) is 36.4 Å². The van der Waals surface area contributed by atoms with E-state index in [9.17, 15) is 14.7 Å². The van der Waals surface area contributed by atoms with Crippen molar-refractivity contribution in [1.82, 2.24) is 0 Å². The van der Waals surface area contributed by atoms with Crippen molar-refractivity contribution in [3.63, 3.8) is 0 Å². The molecule has 0 bridgehead atoms. The van der Waals surface area contributed by atoms with Crippen LogP contribution in [0.15, 0.2) is 45.6 Å². The van der Waals surface area contributed by atoms with Gasteiger partial charge < -0.3 is 28.5 Å². The van der Waals surface area contributed by atoms with Crippen molar-refractivity contribution in [3.05, 3.63) is 57.9 Å². The quantitative estimate of drug-likeness (QED) is 0.588. The van der Waals surface area contributed by atoms with E-state index in [2.05, 4.69) is 0 Å². The Labute approximate surface area is 172 Å². The summed E-state index contributed by atoms with van der Waals surface area (Å²) in [7, 11) is 5.65. The van der Waals surface area contributed by atoms with Gasteiger partial charge in [0.25, 0.3) is 0 Å². The Morgan fingerprint density at radius 3 is 2.23 bits per heavy atom. The number of para-hydroxylation sites is 1. The molecule has 1 atom stereocenters. The largest absolute Gasteiger partial charge is 0.502 e. The van der Waals surface area contributed by atoms with Crippen LogP contribution in [-0.4, -0.2) is 39.5 Å². The molecule has 158 valence electrons. The van der Waals surface area contributed by atoms with Crippen LogP contribution in [0.3, 0.4) is 0 Å². The second-order valence-electron chi connectivity index (χ2n) is 6.43. The van der Waals surface area contributed by atoms with Gasteiger partial charge in [0.05, 0.1) is 46.2 Å². The third-order valence-electron chi connectivity index (χ3n) is 4.80. The van der Waals surface area contributed by atoms with Crippen molar-refractivity contribution in [1.29, 1.82) is 0 Å². The second-order valence-corrected chi connectivity index (χ2v) is 6.43. The summed E-state index contributed by atoms with van der Waals surface area (Å²) in [4.78, 5) is 24.8. The van der Waals surface area contributed by atoms with Crippen molar-refractivity contribution in [2.24, 2.45) is 0 Å². The van der Waals surface area contributed by atoms with E-state index in [0.29, 0.717) is 22.8 Å². The number of methoxy groups -OCH3 is 4. The predicted molar refractivity (Wildman–Crippen MR) is 109 cm³/mol. The fraction of sp³-hybridized carbons (Fsp3) is 0.273. The van der Waals surface area contributed by atoms with Crippen LogP contribution in [0.1, 0.15) is 23.7 Å². The van der Waals surface area contributed by atoms with E-state index in [0.717, 1.165) is 0 Å². The number of hydrogen-bond acceptors (Lipinski definition) is 8. The van der Waals surface area contributed by atoms with Crippen molar-refractivity contribution in [3.8, 4) is 23.0 Å². The van der Waals surface area contributed by atoms with Gasteiger partial charge in [0.1, 0.15) is 5.58 Å². The standard InChI is InChI=1S/C22H22O8/c1-26-16-9-12(10-17(27-2)22(16)29-4)14(11-18(23)28-3)21-20(25)19(24)13-7-5-6-8-15(13)30-21/h5-10,14,25H,11H2,1-4H3. The fourth-order valence-electron chi connectivity index (χ4n) is 3.30. The molecular formula is C22H22O8. The van der Waals surface area contributed by atoms with Crippen LogP contribution in [0.5, 0.6) is 23.0 Å². The first-order valence-corrected chi connectivity index (χ1v) is 9.06. The number of fused-ring (bicyclic) bond motifs is 1. The molecular weight excluding hydrogens is 392 g/mol. The molecule has 8 nitrogen and oxygen atoms in total. The molecule has 0 amide bonds. The number of benzene rings is 2. The summed E-state index contributed by atoms with van der Waals surface area (Å²) in [5.41, 5.74) is 0.204. The molecule has 0 saturated carbocycles. The minimum Gasteiger partial charge on any atom is -0.502 e. The van der Waals surface area contributed by atoms with Gasteiger partial charge >= 0.3 is 5.97 Å². The number of esters is 1. The molecule has 0 aliphatic heterocycles. The van der Waals surface area contributed by atoms with Gasteiger partial charge in [0, 0.05) is 0 Å². The molecule has 0 saturated heterocycles. The van der Waals surface area contributed by atoms with Gasteiger partial charge in [0.15, 0.2) is 17.3 Å². The van der Waals surface area contributed by atoms with Crippen molar-refractivity contribution >= 4 is 16.9 Å². The maximum Gasteiger partial charge on any atom is 0.306 e. The zero-order valence-electron chi connectivity index (χ0n) is 17.1. The van der Waals surface area contributed by atoms with Gasteiger partial charge in [-0.05, 0) is 29.8 Å². The summed E-state index contributed by atoms with van der Waals surface area (Å²) < 4.78 is 26.8. The molecule has 2 aromatic carbocycles. The molecule has 3 aromatic rings. The van der Waals surface area contributed by atoms with Crippen molar-refractivity contribution in [2.75, 3.05) is 28.4 Å². The van der Waals surface area contributed by atoms with Crippen LogP contribution in [0.2, 0.25) is 0 Å². The summed E-state index contributed by atoms with van der Waals surface area (Å²) in [5.74, 6) is -0.958. The molecule has 0 spiro atoms. The number of carbonyl (C=O) groups excluding carboxylic acids is 1. The SMILES string of the molecule is COC(=O)CC(c1cc(OC)c(OC)c(OC)c1)c1oc2ccccc2c(=O)c1O. The molecule has 1 heterocycles. The van der Waals surface area contributed by atoms with E-state index < -0.39 is 23.1 Å². The summed E-state index contributed by atoms with van der Waals surface area (Å²) in [6.45, 7) is 0. The van der Waals surface area contributed by atoms with Crippen LogP contribution >= 0.6 is 0 Å². The molecule has 8 heteroatoms. The number of aromatic hydroxyl groups is 1. The van der Waals surface area contributed by atoms with Gasteiger partial charge in [-0.3, -0.25) is 9.59 Å². The zero-order chi connectivity index (χ0) is 21.8. The summed E-state index contributed by atoms with van der Waals surface area (Å²) >= 11 is 0. The maximum atomic E-state index is 12.7. The average molecular weight is 414 g/mol. The van der Waals surface area contributed by atoms with Gasteiger partial charge in [-0.25, -0.2) is 0 Å². The summed E-state index contributed by atoms with van der Waals surface area (Å²) in [6, 6.07) is 9.81. The van der Waals surface area contributed by atoms with E-state index >= 15 is 0 Å². The monoisotopic (exact) mass is 414 g/mol. The Balaban J connectivity index is 2.28. The average Bonchev–Trinajstić information content (AvgIpc) is 2.78. The first kappa shape index (κ1) is 21.0. The lowest BCUT2D eigenvalue weighted by Gasteiger charge is -2.20. The highest BCUT2D eigenvalue weighted by molar-refractivity contribution is 5.78. The first-order valence-electron chi connectivity index (χ1n) is 9.06. The summed E-state index contributed by atoms with van der Waals surface area (Å²) in [5, 5.41) is 10.9.